The number of hydrogen-bond acceptors (Lipinski definition) is 3. The van der Waals surface area contributed by atoms with Crippen molar-refractivity contribution in [3.05, 3.63) is 29.8 Å². The molecule has 0 radical (unpaired) electrons. The van der Waals surface area contributed by atoms with Crippen molar-refractivity contribution in [1.82, 2.24) is 5.32 Å². The van der Waals surface area contributed by atoms with Crippen LogP contribution in [0.25, 0.3) is 0 Å². The molecule has 0 spiro atoms. The topological polar surface area (TPSA) is 41.5 Å². The highest BCUT2D eigenvalue weighted by atomic mass is 19.3. The first kappa shape index (κ1) is 13.8. The van der Waals surface area contributed by atoms with Gasteiger partial charge in [0.15, 0.2) is 0 Å². The second-order valence-electron chi connectivity index (χ2n) is 5.83. The van der Waals surface area contributed by atoms with Gasteiger partial charge in [-0.2, -0.15) is 8.78 Å². The highest BCUT2D eigenvalue weighted by Crippen LogP contribution is 2.39. The van der Waals surface area contributed by atoms with Crippen LogP contribution in [0.1, 0.15) is 37.7 Å². The summed E-state index contributed by atoms with van der Waals surface area (Å²) in [7, 11) is 0. The van der Waals surface area contributed by atoms with Gasteiger partial charge in [0.05, 0.1) is 5.60 Å². The lowest BCUT2D eigenvalue weighted by atomic mass is 9.74. The number of benzene rings is 1. The number of fused-ring (bicyclic) bond motifs is 2. The summed E-state index contributed by atoms with van der Waals surface area (Å²) in [4.78, 5) is 0. The van der Waals surface area contributed by atoms with Gasteiger partial charge in [-0.25, -0.2) is 0 Å². The number of rotatable bonds is 3. The molecule has 0 aliphatic carbocycles. The summed E-state index contributed by atoms with van der Waals surface area (Å²) in [6, 6.07) is 7.08. The summed E-state index contributed by atoms with van der Waals surface area (Å²) >= 11 is 0. The van der Waals surface area contributed by atoms with Crippen LogP contribution in [0.4, 0.5) is 8.78 Å². The number of nitrogens with one attached hydrogen (secondary N) is 1. The minimum absolute atomic E-state index is 0.126. The molecule has 0 saturated carbocycles. The van der Waals surface area contributed by atoms with Gasteiger partial charge in [0.2, 0.25) is 0 Å². The molecule has 0 amide bonds. The average Bonchev–Trinajstić information content (AvgIpc) is 2.38. The zero-order valence-electron chi connectivity index (χ0n) is 11.2. The van der Waals surface area contributed by atoms with E-state index in [0.29, 0.717) is 24.9 Å². The van der Waals surface area contributed by atoms with Gasteiger partial charge in [0.25, 0.3) is 0 Å². The lowest BCUT2D eigenvalue weighted by Gasteiger charge is -2.45. The Bertz CT molecular complexity index is 451. The molecule has 3 rings (SSSR count). The number of piperidine rings is 2. The fourth-order valence-corrected chi connectivity index (χ4v) is 3.51. The van der Waals surface area contributed by atoms with Crippen molar-refractivity contribution in [2.24, 2.45) is 0 Å². The summed E-state index contributed by atoms with van der Waals surface area (Å²) in [6.07, 6.45) is 4.74. The Labute approximate surface area is 116 Å². The molecular weight excluding hydrogens is 264 g/mol. The van der Waals surface area contributed by atoms with Crippen LogP contribution < -0.4 is 10.1 Å². The van der Waals surface area contributed by atoms with Gasteiger partial charge in [-0.05, 0) is 43.4 Å². The van der Waals surface area contributed by atoms with E-state index in [2.05, 4.69) is 10.1 Å². The zero-order valence-corrected chi connectivity index (χ0v) is 11.2. The molecule has 2 aliphatic rings. The van der Waals surface area contributed by atoms with E-state index >= 15 is 0 Å². The quantitative estimate of drug-likeness (QED) is 0.896. The molecule has 2 atom stereocenters. The van der Waals surface area contributed by atoms with E-state index in [9.17, 15) is 13.9 Å². The molecule has 2 aliphatic heterocycles. The van der Waals surface area contributed by atoms with Crippen molar-refractivity contribution in [1.29, 1.82) is 0 Å². The minimum atomic E-state index is -2.82. The summed E-state index contributed by atoms with van der Waals surface area (Å²) < 4.78 is 28.6. The molecule has 2 saturated heterocycles. The molecular formula is C15H19F2NO2. The molecule has 2 N–H and O–H groups in total. The van der Waals surface area contributed by atoms with Crippen LogP contribution in [0.2, 0.25) is 0 Å². The normalized spacial score (nSPS) is 33.2. The standard InChI is InChI=1S/C15H19F2NO2/c16-14(17)20-13-6-4-10(5-7-13)15(19)8-11-2-1-3-12(9-15)18-11/h4-7,11-12,14,18-19H,1-3,8-9H2. The molecule has 5 heteroatoms. The molecule has 20 heavy (non-hydrogen) atoms. The van der Waals surface area contributed by atoms with Crippen LogP contribution >= 0.6 is 0 Å². The van der Waals surface area contributed by atoms with Gasteiger partial charge < -0.3 is 15.2 Å². The van der Waals surface area contributed by atoms with Crippen LogP contribution in [-0.2, 0) is 5.60 Å². The van der Waals surface area contributed by atoms with E-state index in [1.807, 2.05) is 0 Å². The minimum Gasteiger partial charge on any atom is -0.435 e. The van der Waals surface area contributed by atoms with Gasteiger partial charge in [-0.1, -0.05) is 18.6 Å². The van der Waals surface area contributed by atoms with E-state index in [1.54, 1.807) is 12.1 Å². The van der Waals surface area contributed by atoms with Crippen molar-refractivity contribution in [3.63, 3.8) is 0 Å². The molecule has 3 nitrogen and oxygen atoms in total. The van der Waals surface area contributed by atoms with E-state index in [1.165, 1.54) is 18.6 Å². The molecule has 1 aromatic carbocycles. The smallest absolute Gasteiger partial charge is 0.387 e. The maximum atomic E-state index is 12.1. The third-order valence-electron chi connectivity index (χ3n) is 4.36. The van der Waals surface area contributed by atoms with Crippen LogP contribution in [0, 0.1) is 0 Å². The predicted molar refractivity (Wildman–Crippen MR) is 70.8 cm³/mol. The molecule has 0 aromatic heterocycles. The SMILES string of the molecule is OC1(c2ccc(OC(F)F)cc2)CC2CCCC(C1)N2. The van der Waals surface area contributed by atoms with Crippen molar-refractivity contribution in [2.75, 3.05) is 0 Å². The van der Waals surface area contributed by atoms with Gasteiger partial charge >= 0.3 is 6.61 Å². The lowest BCUT2D eigenvalue weighted by molar-refractivity contribution is -0.0501. The van der Waals surface area contributed by atoms with Crippen LogP contribution in [-0.4, -0.2) is 23.8 Å². The highest BCUT2D eigenvalue weighted by Gasteiger charge is 2.41. The third-order valence-corrected chi connectivity index (χ3v) is 4.36. The maximum absolute atomic E-state index is 12.1. The fourth-order valence-electron chi connectivity index (χ4n) is 3.51. The molecule has 110 valence electrons. The molecule has 2 unspecified atom stereocenters. The Hall–Kier alpha value is -1.20. The Morgan fingerprint density at radius 1 is 1.15 bits per heavy atom. The van der Waals surface area contributed by atoms with E-state index in [0.717, 1.165) is 18.4 Å². The summed E-state index contributed by atoms with van der Waals surface area (Å²) in [5.41, 5.74) is -0.0674. The lowest BCUT2D eigenvalue weighted by Crippen LogP contribution is -2.54. The van der Waals surface area contributed by atoms with E-state index < -0.39 is 12.2 Å². The second kappa shape index (κ2) is 5.30. The molecule has 1 aromatic rings. The largest absolute Gasteiger partial charge is 0.435 e. The van der Waals surface area contributed by atoms with Crippen molar-refractivity contribution in [2.45, 2.75) is 56.4 Å². The van der Waals surface area contributed by atoms with Crippen molar-refractivity contribution >= 4 is 0 Å². The van der Waals surface area contributed by atoms with Crippen molar-refractivity contribution < 1.29 is 18.6 Å². The van der Waals surface area contributed by atoms with Gasteiger partial charge in [-0.3, -0.25) is 0 Å². The first-order chi connectivity index (χ1) is 9.55. The first-order valence-electron chi connectivity index (χ1n) is 7.09. The van der Waals surface area contributed by atoms with Gasteiger partial charge in [0.1, 0.15) is 5.75 Å². The van der Waals surface area contributed by atoms with E-state index in [4.69, 9.17) is 0 Å². The summed E-state index contributed by atoms with van der Waals surface area (Å²) in [6.45, 7) is -2.82. The third kappa shape index (κ3) is 2.79. The van der Waals surface area contributed by atoms with Gasteiger partial charge in [0, 0.05) is 12.1 Å². The predicted octanol–water partition coefficient (Wildman–Crippen LogP) is 2.78. The number of aliphatic hydroxyl groups is 1. The number of hydrogen-bond donors (Lipinski definition) is 2. The number of alkyl halides is 2. The Morgan fingerprint density at radius 2 is 1.75 bits per heavy atom. The second-order valence-corrected chi connectivity index (χ2v) is 5.83. The Balaban J connectivity index is 1.77. The molecule has 2 bridgehead atoms. The average molecular weight is 283 g/mol. The molecule has 2 fully saturated rings. The first-order valence-corrected chi connectivity index (χ1v) is 7.09. The highest BCUT2D eigenvalue weighted by molar-refractivity contribution is 5.32. The van der Waals surface area contributed by atoms with E-state index in [-0.39, 0.29) is 5.75 Å². The summed E-state index contributed by atoms with van der Waals surface area (Å²) in [5.74, 6) is 0.126. The van der Waals surface area contributed by atoms with Crippen LogP contribution in [0.5, 0.6) is 5.75 Å². The molecule has 2 heterocycles. The van der Waals surface area contributed by atoms with Crippen molar-refractivity contribution in [3.8, 4) is 5.75 Å². The van der Waals surface area contributed by atoms with Gasteiger partial charge in [-0.15, -0.1) is 0 Å². The number of halogens is 2. The van der Waals surface area contributed by atoms with Crippen LogP contribution in [0.3, 0.4) is 0 Å². The zero-order chi connectivity index (χ0) is 14.2. The summed E-state index contributed by atoms with van der Waals surface area (Å²) in [5, 5.41) is 14.4. The Kier molecular flexibility index (Phi) is 3.65. The number of ether oxygens (including phenoxy) is 1. The Morgan fingerprint density at radius 3 is 2.30 bits per heavy atom. The monoisotopic (exact) mass is 283 g/mol. The van der Waals surface area contributed by atoms with Crippen LogP contribution in [0.15, 0.2) is 24.3 Å². The maximum Gasteiger partial charge on any atom is 0.387 e. The fraction of sp³-hybridized carbons (Fsp3) is 0.600.